The highest BCUT2D eigenvalue weighted by molar-refractivity contribution is 5.84. The zero-order chi connectivity index (χ0) is 18.2. The van der Waals surface area contributed by atoms with E-state index in [1.807, 2.05) is 20.2 Å². The van der Waals surface area contributed by atoms with Crippen molar-refractivity contribution in [3.63, 3.8) is 0 Å². The van der Waals surface area contributed by atoms with Crippen LogP contribution in [0.5, 0.6) is 0 Å². The van der Waals surface area contributed by atoms with E-state index in [0.29, 0.717) is 18.0 Å². The average molecular weight is 348 g/mol. The fraction of sp³-hybridized carbons (Fsp3) is 0.722. The standard InChI is InChI=1S/C16H27N7.C2H6/c1-4-11(5-2)20-16-21-14(19-12-7-8-17-9-12)13-15(22-16)23(6-3)10-18-13;1-2/h10-12,17H,4-9H2,1-3H3,(H2,19,20,21,22);1-2H3. The minimum atomic E-state index is 0.395. The van der Waals surface area contributed by atoms with Crippen LogP contribution in [0.15, 0.2) is 6.33 Å². The van der Waals surface area contributed by atoms with Gasteiger partial charge in [-0.3, -0.25) is 0 Å². The zero-order valence-corrected chi connectivity index (χ0v) is 16.3. The van der Waals surface area contributed by atoms with Crippen LogP contribution in [-0.2, 0) is 6.54 Å². The minimum Gasteiger partial charge on any atom is -0.364 e. The van der Waals surface area contributed by atoms with E-state index < -0.39 is 0 Å². The molecule has 1 unspecified atom stereocenters. The van der Waals surface area contributed by atoms with Gasteiger partial charge in [-0.1, -0.05) is 27.7 Å². The molecule has 0 saturated carbocycles. The molecule has 0 bridgehead atoms. The molecule has 1 aliphatic rings. The van der Waals surface area contributed by atoms with E-state index in [-0.39, 0.29) is 0 Å². The largest absolute Gasteiger partial charge is 0.364 e. The van der Waals surface area contributed by atoms with Gasteiger partial charge < -0.3 is 20.5 Å². The predicted molar refractivity (Wildman–Crippen MR) is 105 cm³/mol. The first-order valence-corrected chi connectivity index (χ1v) is 9.71. The summed E-state index contributed by atoms with van der Waals surface area (Å²) in [4.78, 5) is 13.9. The average Bonchev–Trinajstić information content (AvgIpc) is 3.30. The second-order valence-corrected chi connectivity index (χ2v) is 6.09. The molecule has 0 aliphatic carbocycles. The molecule has 3 N–H and O–H groups in total. The number of aryl methyl sites for hydroxylation is 1. The Labute approximate surface area is 151 Å². The maximum atomic E-state index is 4.71. The molecular weight excluding hydrogens is 314 g/mol. The lowest BCUT2D eigenvalue weighted by Crippen LogP contribution is -2.24. The fourth-order valence-corrected chi connectivity index (χ4v) is 2.99. The SMILES string of the molecule is CC.CCC(CC)Nc1nc(NC2CCNC2)c2ncn(CC)c2n1. The van der Waals surface area contributed by atoms with Crippen LogP contribution in [0.2, 0.25) is 0 Å². The van der Waals surface area contributed by atoms with E-state index in [1.54, 1.807) is 0 Å². The first-order chi connectivity index (χ1) is 12.2. The summed E-state index contributed by atoms with van der Waals surface area (Å²) in [5.41, 5.74) is 1.75. The molecule has 2 aromatic heterocycles. The number of imidazole rings is 1. The van der Waals surface area contributed by atoms with Crippen molar-refractivity contribution in [3.05, 3.63) is 6.33 Å². The first-order valence-electron chi connectivity index (χ1n) is 9.71. The lowest BCUT2D eigenvalue weighted by molar-refractivity contribution is 0.664. The molecule has 0 amide bonds. The molecule has 7 heteroatoms. The number of nitrogens with zero attached hydrogens (tertiary/aromatic N) is 4. The molecule has 0 radical (unpaired) electrons. The number of rotatable bonds is 7. The van der Waals surface area contributed by atoms with Crippen molar-refractivity contribution in [2.24, 2.45) is 0 Å². The van der Waals surface area contributed by atoms with Crippen LogP contribution in [0.4, 0.5) is 11.8 Å². The van der Waals surface area contributed by atoms with Gasteiger partial charge in [0.2, 0.25) is 5.95 Å². The molecule has 7 nitrogen and oxygen atoms in total. The molecule has 1 fully saturated rings. The van der Waals surface area contributed by atoms with E-state index in [9.17, 15) is 0 Å². The Morgan fingerprint density at radius 3 is 2.60 bits per heavy atom. The summed E-state index contributed by atoms with van der Waals surface area (Å²) in [6.07, 6.45) is 5.06. The Kier molecular flexibility index (Phi) is 7.43. The number of aromatic nitrogens is 4. The third-order valence-electron chi connectivity index (χ3n) is 4.52. The lowest BCUT2D eigenvalue weighted by Gasteiger charge is -2.17. The Morgan fingerprint density at radius 2 is 2.00 bits per heavy atom. The number of nitrogens with one attached hydrogen (secondary N) is 3. The van der Waals surface area contributed by atoms with Crippen LogP contribution >= 0.6 is 0 Å². The molecule has 25 heavy (non-hydrogen) atoms. The van der Waals surface area contributed by atoms with Crippen LogP contribution in [0.3, 0.4) is 0 Å². The summed E-state index contributed by atoms with van der Waals surface area (Å²) < 4.78 is 2.06. The molecule has 3 rings (SSSR count). The smallest absolute Gasteiger partial charge is 0.227 e. The summed E-state index contributed by atoms with van der Waals surface area (Å²) in [5, 5.41) is 10.4. The van der Waals surface area contributed by atoms with Crippen LogP contribution in [-0.4, -0.2) is 44.7 Å². The van der Waals surface area contributed by atoms with Crippen molar-refractivity contribution >= 4 is 22.9 Å². The third-order valence-corrected chi connectivity index (χ3v) is 4.52. The Bertz CT molecular complexity index is 642. The second-order valence-electron chi connectivity index (χ2n) is 6.09. The normalized spacial score (nSPS) is 16.8. The van der Waals surface area contributed by atoms with Gasteiger partial charge in [0.15, 0.2) is 17.0 Å². The summed E-state index contributed by atoms with van der Waals surface area (Å²) in [6.45, 7) is 13.3. The molecule has 3 heterocycles. The molecule has 0 spiro atoms. The molecule has 140 valence electrons. The van der Waals surface area contributed by atoms with Crippen molar-refractivity contribution < 1.29 is 0 Å². The van der Waals surface area contributed by atoms with E-state index in [0.717, 1.165) is 55.9 Å². The van der Waals surface area contributed by atoms with Gasteiger partial charge in [-0.05, 0) is 32.7 Å². The number of anilines is 2. The number of fused-ring (bicyclic) bond motifs is 1. The second kappa shape index (κ2) is 9.56. The lowest BCUT2D eigenvalue weighted by atomic mass is 10.2. The maximum absolute atomic E-state index is 4.71. The van der Waals surface area contributed by atoms with Gasteiger partial charge >= 0.3 is 0 Å². The molecule has 1 atom stereocenters. The van der Waals surface area contributed by atoms with Gasteiger partial charge in [0, 0.05) is 25.2 Å². The quantitative estimate of drug-likeness (QED) is 0.713. The predicted octanol–water partition coefficient (Wildman–Crippen LogP) is 3.25. The molecule has 0 aromatic carbocycles. The van der Waals surface area contributed by atoms with Gasteiger partial charge in [0.1, 0.15) is 0 Å². The van der Waals surface area contributed by atoms with E-state index >= 15 is 0 Å². The topological polar surface area (TPSA) is 79.7 Å². The van der Waals surface area contributed by atoms with Crippen LogP contribution in [0, 0.1) is 0 Å². The summed E-state index contributed by atoms with van der Waals surface area (Å²) in [7, 11) is 0. The molecular formula is C18H33N7. The van der Waals surface area contributed by atoms with Gasteiger partial charge in [0.25, 0.3) is 0 Å². The van der Waals surface area contributed by atoms with Gasteiger partial charge in [-0.2, -0.15) is 9.97 Å². The van der Waals surface area contributed by atoms with Crippen LogP contribution < -0.4 is 16.0 Å². The number of hydrogen-bond donors (Lipinski definition) is 3. The van der Waals surface area contributed by atoms with Crippen LogP contribution in [0.1, 0.15) is 53.9 Å². The van der Waals surface area contributed by atoms with Crippen molar-refractivity contribution in [3.8, 4) is 0 Å². The van der Waals surface area contributed by atoms with Crippen molar-refractivity contribution in [2.45, 2.75) is 72.5 Å². The highest BCUT2D eigenvalue weighted by atomic mass is 15.2. The summed E-state index contributed by atoms with van der Waals surface area (Å²) in [6, 6.07) is 0.798. The van der Waals surface area contributed by atoms with Gasteiger partial charge in [0.05, 0.1) is 6.33 Å². The molecule has 1 aliphatic heterocycles. The monoisotopic (exact) mass is 347 g/mol. The Balaban J connectivity index is 0.00000109. The Morgan fingerprint density at radius 1 is 1.24 bits per heavy atom. The van der Waals surface area contributed by atoms with Gasteiger partial charge in [-0.25, -0.2) is 4.98 Å². The fourth-order valence-electron chi connectivity index (χ4n) is 2.99. The van der Waals surface area contributed by atoms with E-state index in [2.05, 4.69) is 46.3 Å². The maximum Gasteiger partial charge on any atom is 0.227 e. The minimum absolute atomic E-state index is 0.395. The van der Waals surface area contributed by atoms with Crippen LogP contribution in [0.25, 0.3) is 11.2 Å². The molecule has 1 saturated heterocycles. The highest BCUT2D eigenvalue weighted by Gasteiger charge is 2.19. The van der Waals surface area contributed by atoms with Crippen molar-refractivity contribution in [1.29, 1.82) is 0 Å². The highest BCUT2D eigenvalue weighted by Crippen LogP contribution is 2.23. The first kappa shape index (κ1) is 19.4. The van der Waals surface area contributed by atoms with E-state index in [1.165, 1.54) is 0 Å². The summed E-state index contributed by atoms with van der Waals surface area (Å²) in [5.74, 6) is 1.53. The van der Waals surface area contributed by atoms with Crippen molar-refractivity contribution in [2.75, 3.05) is 23.7 Å². The third kappa shape index (κ3) is 4.60. The summed E-state index contributed by atoms with van der Waals surface area (Å²) >= 11 is 0. The molecule has 2 aromatic rings. The van der Waals surface area contributed by atoms with Crippen molar-refractivity contribution in [1.82, 2.24) is 24.8 Å². The zero-order valence-electron chi connectivity index (χ0n) is 16.3. The van der Waals surface area contributed by atoms with E-state index in [4.69, 9.17) is 9.97 Å². The number of hydrogen-bond acceptors (Lipinski definition) is 6. The van der Waals surface area contributed by atoms with Gasteiger partial charge in [-0.15, -0.1) is 0 Å². The Hall–Kier alpha value is -1.89.